The van der Waals surface area contributed by atoms with E-state index in [2.05, 4.69) is 74.3 Å². The molecule has 1 atom stereocenters. The Morgan fingerprint density at radius 2 is 1.33 bits per heavy atom. The maximum Gasteiger partial charge on any atom is 0.0939 e. The van der Waals surface area contributed by atoms with Crippen molar-refractivity contribution in [2.45, 2.75) is 13.1 Å². The molecular weight excluding hydrogens is 350 g/mol. The Kier molecular flexibility index (Phi) is 6.31. The summed E-state index contributed by atoms with van der Waals surface area (Å²) in [5.74, 6) is 0. The first-order valence-corrected chi connectivity index (χ1v) is 8.79. The second-order valence-electron chi connectivity index (χ2n) is 4.69. The lowest BCUT2D eigenvalue weighted by atomic mass is 10.2. The van der Waals surface area contributed by atoms with Crippen molar-refractivity contribution in [2.75, 3.05) is 12.8 Å². The quantitative estimate of drug-likeness (QED) is 0.560. The fraction of sp³-hybridized carbons (Fsp3) is 0.250. The molecule has 2 aromatic carbocycles. The minimum absolute atomic E-state index is 0. The van der Waals surface area contributed by atoms with Crippen LogP contribution >= 0.6 is 7.26 Å². The van der Waals surface area contributed by atoms with Crippen molar-refractivity contribution in [3.8, 4) is 0 Å². The van der Waals surface area contributed by atoms with Gasteiger partial charge in [-0.25, -0.2) is 0 Å². The van der Waals surface area contributed by atoms with Gasteiger partial charge < -0.3 is 24.0 Å². The maximum absolute atomic E-state index is 2.47. The zero-order chi connectivity index (χ0) is 12.1. The van der Waals surface area contributed by atoms with Crippen molar-refractivity contribution < 1.29 is 24.0 Å². The van der Waals surface area contributed by atoms with Gasteiger partial charge >= 0.3 is 0 Å². The van der Waals surface area contributed by atoms with Gasteiger partial charge in [-0.1, -0.05) is 48.5 Å². The summed E-state index contributed by atoms with van der Waals surface area (Å²) in [6.45, 7) is 4.79. The van der Waals surface area contributed by atoms with Gasteiger partial charge in [-0.15, -0.1) is 0 Å². The Morgan fingerprint density at radius 3 is 1.83 bits per heavy atom. The molecule has 0 nitrogen and oxygen atoms in total. The Labute approximate surface area is 128 Å². The average Bonchev–Trinajstić information content (AvgIpc) is 2.41. The highest BCUT2D eigenvalue weighted by Crippen LogP contribution is 2.56. The van der Waals surface area contributed by atoms with Gasteiger partial charge in [-0.3, -0.25) is 0 Å². The van der Waals surface area contributed by atoms with Gasteiger partial charge in [-0.2, -0.15) is 0 Å². The summed E-state index contributed by atoms with van der Waals surface area (Å²) in [6.07, 6.45) is 2.49. The Balaban J connectivity index is 0.00000162. The van der Waals surface area contributed by atoms with Crippen LogP contribution in [0.15, 0.2) is 60.7 Å². The predicted molar refractivity (Wildman–Crippen MR) is 79.6 cm³/mol. The van der Waals surface area contributed by atoms with Crippen molar-refractivity contribution >= 4 is 12.6 Å². The molecule has 1 unspecified atom stereocenters. The third-order valence-electron chi connectivity index (χ3n) is 3.45. The maximum atomic E-state index is 2.47. The van der Waals surface area contributed by atoms with Crippen LogP contribution < -0.4 is 29.3 Å². The molecule has 96 valence electrons. The monoisotopic (exact) mass is 370 g/mol. The van der Waals surface area contributed by atoms with Crippen LogP contribution in [0.5, 0.6) is 0 Å². The van der Waals surface area contributed by atoms with Gasteiger partial charge in [0.25, 0.3) is 0 Å². The van der Waals surface area contributed by atoms with Gasteiger partial charge in [-0.05, 0) is 24.6 Å². The van der Waals surface area contributed by atoms with E-state index >= 15 is 0 Å². The normalized spacial score (nSPS) is 13.4. The van der Waals surface area contributed by atoms with Crippen molar-refractivity contribution in [2.24, 2.45) is 0 Å². The summed E-state index contributed by atoms with van der Waals surface area (Å²) < 4.78 is 0. The van der Waals surface area contributed by atoms with Crippen molar-refractivity contribution in [3.05, 3.63) is 66.2 Å². The standard InChI is InChI=1S/C16H20P.HI/c1-3-17(2,16-12-8-5-9-13-16)14-15-10-6-4-7-11-15;/h4-13H,3,14H2,1-2H3;1H/q+1;/p-1. The van der Waals surface area contributed by atoms with Gasteiger partial charge in [0.2, 0.25) is 0 Å². The van der Waals surface area contributed by atoms with Gasteiger partial charge in [0.05, 0.1) is 24.3 Å². The number of hydrogen-bond acceptors (Lipinski definition) is 0. The first-order valence-electron chi connectivity index (χ1n) is 6.19. The summed E-state index contributed by atoms with van der Waals surface area (Å²) in [6, 6.07) is 21.9. The fourth-order valence-electron chi connectivity index (χ4n) is 2.16. The molecule has 2 rings (SSSR count). The lowest BCUT2D eigenvalue weighted by molar-refractivity contribution is -0.00000359. The lowest BCUT2D eigenvalue weighted by Gasteiger charge is -2.21. The van der Waals surface area contributed by atoms with Crippen LogP contribution in [0.3, 0.4) is 0 Å². The fourth-order valence-corrected chi connectivity index (χ4v) is 4.84. The van der Waals surface area contributed by atoms with Gasteiger partial charge in [0.15, 0.2) is 0 Å². The van der Waals surface area contributed by atoms with E-state index in [1.165, 1.54) is 17.9 Å². The molecule has 0 fully saturated rings. The van der Waals surface area contributed by atoms with E-state index in [1.807, 2.05) is 0 Å². The van der Waals surface area contributed by atoms with E-state index < -0.39 is 7.26 Å². The van der Waals surface area contributed by atoms with Gasteiger partial charge in [0.1, 0.15) is 0 Å². The molecule has 0 heterocycles. The van der Waals surface area contributed by atoms with E-state index in [1.54, 1.807) is 5.30 Å². The minimum atomic E-state index is -1.02. The molecule has 0 aromatic heterocycles. The topological polar surface area (TPSA) is 0 Å². The zero-order valence-electron chi connectivity index (χ0n) is 11.0. The van der Waals surface area contributed by atoms with E-state index in [-0.39, 0.29) is 24.0 Å². The number of rotatable bonds is 4. The summed E-state index contributed by atoms with van der Waals surface area (Å²) in [5.41, 5.74) is 1.47. The van der Waals surface area contributed by atoms with Crippen molar-refractivity contribution in [1.82, 2.24) is 0 Å². The SMILES string of the molecule is CC[P+](C)(Cc1ccccc1)c1ccccc1.[I-]. The zero-order valence-corrected chi connectivity index (χ0v) is 14.1. The Bertz CT molecular complexity index is 455. The second-order valence-corrected chi connectivity index (χ2v) is 8.95. The second kappa shape index (κ2) is 7.25. The number of hydrogen-bond donors (Lipinski definition) is 0. The molecule has 0 aliphatic rings. The third kappa shape index (κ3) is 3.80. The predicted octanol–water partition coefficient (Wildman–Crippen LogP) is 1.18. The molecular formula is C16H20IP. The van der Waals surface area contributed by atoms with Crippen molar-refractivity contribution in [1.29, 1.82) is 0 Å². The molecule has 0 saturated heterocycles. The van der Waals surface area contributed by atoms with Crippen molar-refractivity contribution in [3.63, 3.8) is 0 Å². The van der Waals surface area contributed by atoms with Crippen LogP contribution in [0.25, 0.3) is 0 Å². The summed E-state index contributed by atoms with van der Waals surface area (Å²) in [5, 5.41) is 1.55. The van der Waals surface area contributed by atoms with E-state index in [9.17, 15) is 0 Å². The van der Waals surface area contributed by atoms with E-state index in [0.29, 0.717) is 0 Å². The number of benzene rings is 2. The van der Waals surface area contributed by atoms with Crippen LogP contribution in [0.2, 0.25) is 0 Å². The lowest BCUT2D eigenvalue weighted by Crippen LogP contribution is -3.00. The first kappa shape index (κ1) is 15.7. The molecule has 0 N–H and O–H groups in total. The Hall–Kier alpha value is -0.400. The highest BCUT2D eigenvalue weighted by atomic mass is 127. The van der Waals surface area contributed by atoms with Crippen LogP contribution in [0, 0.1) is 0 Å². The Morgan fingerprint density at radius 1 is 0.833 bits per heavy atom. The first-order chi connectivity index (χ1) is 8.24. The molecule has 18 heavy (non-hydrogen) atoms. The smallest absolute Gasteiger partial charge is 0.0939 e. The third-order valence-corrected chi connectivity index (χ3v) is 7.46. The molecule has 0 amide bonds. The van der Waals surface area contributed by atoms with Crippen LogP contribution in [0.4, 0.5) is 0 Å². The average molecular weight is 370 g/mol. The molecule has 2 aromatic rings. The largest absolute Gasteiger partial charge is 1.00 e. The molecule has 0 aliphatic heterocycles. The van der Waals surface area contributed by atoms with Crippen LogP contribution in [-0.2, 0) is 6.16 Å². The minimum Gasteiger partial charge on any atom is -1.00 e. The van der Waals surface area contributed by atoms with Crippen LogP contribution in [0.1, 0.15) is 12.5 Å². The highest BCUT2D eigenvalue weighted by Gasteiger charge is 2.32. The highest BCUT2D eigenvalue weighted by molar-refractivity contribution is 7.81. The molecule has 0 radical (unpaired) electrons. The van der Waals surface area contributed by atoms with Gasteiger partial charge in [0, 0.05) is 7.26 Å². The van der Waals surface area contributed by atoms with E-state index in [0.717, 1.165) is 0 Å². The number of halogens is 1. The summed E-state index contributed by atoms with van der Waals surface area (Å²) in [4.78, 5) is 0. The molecule has 2 heteroatoms. The summed E-state index contributed by atoms with van der Waals surface area (Å²) in [7, 11) is -1.02. The molecule has 0 spiro atoms. The van der Waals surface area contributed by atoms with E-state index in [4.69, 9.17) is 0 Å². The van der Waals surface area contributed by atoms with Crippen LogP contribution in [-0.4, -0.2) is 12.8 Å². The summed E-state index contributed by atoms with van der Waals surface area (Å²) >= 11 is 0. The molecule has 0 bridgehead atoms. The molecule has 0 aliphatic carbocycles. The molecule has 0 saturated carbocycles.